The van der Waals surface area contributed by atoms with Gasteiger partial charge in [0, 0.05) is 17.3 Å². The minimum atomic E-state index is -0.204. The summed E-state index contributed by atoms with van der Waals surface area (Å²) in [5, 5.41) is 3.35. The summed E-state index contributed by atoms with van der Waals surface area (Å²) in [5.74, 6) is 0.300. The summed E-state index contributed by atoms with van der Waals surface area (Å²) in [6, 6.07) is 12.5. The molecule has 1 amide bonds. The molecule has 0 radical (unpaired) electrons. The molecule has 0 aliphatic rings. The lowest BCUT2D eigenvalue weighted by Crippen LogP contribution is -2.26. The van der Waals surface area contributed by atoms with Gasteiger partial charge < -0.3 is 15.8 Å². The van der Waals surface area contributed by atoms with Crippen LogP contribution in [-0.2, 0) is 6.42 Å². The molecule has 4 nitrogen and oxygen atoms in total. The van der Waals surface area contributed by atoms with Crippen molar-refractivity contribution in [1.29, 1.82) is 0 Å². The first kappa shape index (κ1) is 15.2. The van der Waals surface area contributed by atoms with Gasteiger partial charge in [-0.05, 0) is 42.3 Å². The standard InChI is InChI=1S/C16H17ClN2O2/c1-21-15-7-4-12(17)10-14(15)16(20)19-9-8-11-2-5-13(18)6-3-11/h2-7,10H,8-9,18H2,1H3,(H,19,20). The maximum atomic E-state index is 12.2. The van der Waals surface area contributed by atoms with Crippen molar-refractivity contribution in [3.05, 3.63) is 58.6 Å². The molecule has 2 rings (SSSR count). The fourth-order valence-electron chi connectivity index (χ4n) is 1.96. The lowest BCUT2D eigenvalue weighted by atomic mass is 10.1. The smallest absolute Gasteiger partial charge is 0.255 e. The minimum Gasteiger partial charge on any atom is -0.496 e. The van der Waals surface area contributed by atoms with E-state index in [9.17, 15) is 4.79 Å². The maximum Gasteiger partial charge on any atom is 0.255 e. The summed E-state index contributed by atoms with van der Waals surface area (Å²) in [6.45, 7) is 0.526. The Balaban J connectivity index is 1.95. The van der Waals surface area contributed by atoms with Crippen molar-refractivity contribution >= 4 is 23.2 Å². The van der Waals surface area contributed by atoms with E-state index in [-0.39, 0.29) is 5.91 Å². The molecule has 0 heterocycles. The lowest BCUT2D eigenvalue weighted by molar-refractivity contribution is 0.0951. The van der Waals surface area contributed by atoms with Crippen molar-refractivity contribution in [2.24, 2.45) is 0 Å². The Kier molecular flexibility index (Phi) is 5.06. The molecule has 5 heteroatoms. The zero-order valence-electron chi connectivity index (χ0n) is 11.7. The fourth-order valence-corrected chi connectivity index (χ4v) is 2.13. The zero-order valence-corrected chi connectivity index (χ0v) is 12.5. The van der Waals surface area contributed by atoms with Gasteiger partial charge in [0.2, 0.25) is 0 Å². The molecule has 0 aromatic heterocycles. The van der Waals surface area contributed by atoms with Crippen molar-refractivity contribution < 1.29 is 9.53 Å². The number of halogens is 1. The lowest BCUT2D eigenvalue weighted by Gasteiger charge is -2.10. The van der Waals surface area contributed by atoms with E-state index in [1.54, 1.807) is 18.2 Å². The number of hydrogen-bond donors (Lipinski definition) is 2. The first-order chi connectivity index (χ1) is 10.1. The van der Waals surface area contributed by atoms with Gasteiger partial charge in [0.25, 0.3) is 5.91 Å². The SMILES string of the molecule is COc1ccc(Cl)cc1C(=O)NCCc1ccc(N)cc1. The first-order valence-electron chi connectivity index (χ1n) is 6.56. The first-order valence-corrected chi connectivity index (χ1v) is 6.94. The summed E-state index contributed by atoms with van der Waals surface area (Å²) in [5.41, 5.74) is 7.90. The molecule has 21 heavy (non-hydrogen) atoms. The van der Waals surface area contributed by atoms with Crippen molar-refractivity contribution in [3.8, 4) is 5.75 Å². The van der Waals surface area contributed by atoms with Crippen LogP contribution in [0, 0.1) is 0 Å². The zero-order chi connectivity index (χ0) is 15.2. The van der Waals surface area contributed by atoms with Crippen LogP contribution in [-0.4, -0.2) is 19.6 Å². The molecule has 0 aliphatic heterocycles. The Morgan fingerprint density at radius 2 is 1.95 bits per heavy atom. The predicted octanol–water partition coefficient (Wildman–Crippen LogP) is 2.90. The molecule has 3 N–H and O–H groups in total. The van der Waals surface area contributed by atoms with E-state index in [1.807, 2.05) is 24.3 Å². The van der Waals surface area contributed by atoms with Crippen LogP contribution in [0.1, 0.15) is 15.9 Å². The largest absolute Gasteiger partial charge is 0.496 e. The van der Waals surface area contributed by atoms with Crippen LogP contribution in [0.4, 0.5) is 5.69 Å². The van der Waals surface area contributed by atoms with E-state index in [0.717, 1.165) is 17.7 Å². The molecule has 0 saturated carbocycles. The van der Waals surface area contributed by atoms with E-state index in [1.165, 1.54) is 7.11 Å². The van der Waals surface area contributed by atoms with Gasteiger partial charge in [-0.25, -0.2) is 0 Å². The number of amides is 1. The Morgan fingerprint density at radius 1 is 1.24 bits per heavy atom. The second-order valence-electron chi connectivity index (χ2n) is 4.59. The molecule has 0 spiro atoms. The summed E-state index contributed by atoms with van der Waals surface area (Å²) in [4.78, 5) is 12.2. The molecule has 2 aromatic carbocycles. The van der Waals surface area contributed by atoms with E-state index in [4.69, 9.17) is 22.1 Å². The molecule has 110 valence electrons. The monoisotopic (exact) mass is 304 g/mol. The van der Waals surface area contributed by atoms with Crippen molar-refractivity contribution in [2.45, 2.75) is 6.42 Å². The van der Waals surface area contributed by atoms with E-state index < -0.39 is 0 Å². The highest BCUT2D eigenvalue weighted by Gasteiger charge is 2.12. The number of benzene rings is 2. The number of rotatable bonds is 5. The normalized spacial score (nSPS) is 10.2. The van der Waals surface area contributed by atoms with E-state index in [2.05, 4.69) is 5.32 Å². The average molecular weight is 305 g/mol. The van der Waals surface area contributed by atoms with Crippen molar-refractivity contribution in [3.63, 3.8) is 0 Å². The van der Waals surface area contributed by atoms with Gasteiger partial charge in [0.05, 0.1) is 12.7 Å². The summed E-state index contributed by atoms with van der Waals surface area (Å²) in [6.07, 6.45) is 0.731. The van der Waals surface area contributed by atoms with E-state index in [0.29, 0.717) is 22.9 Å². The number of methoxy groups -OCH3 is 1. The van der Waals surface area contributed by atoms with Gasteiger partial charge in [-0.2, -0.15) is 0 Å². The molecule has 0 saturated heterocycles. The molecule has 0 fully saturated rings. The number of nitrogens with two attached hydrogens (primary N) is 1. The summed E-state index contributed by atoms with van der Waals surface area (Å²) >= 11 is 5.92. The van der Waals surface area contributed by atoms with Crippen LogP contribution in [0.15, 0.2) is 42.5 Å². The highest BCUT2D eigenvalue weighted by Crippen LogP contribution is 2.22. The van der Waals surface area contributed by atoms with Crippen LogP contribution in [0.3, 0.4) is 0 Å². The molecule has 2 aromatic rings. The topological polar surface area (TPSA) is 64.3 Å². The number of carbonyl (C=O) groups is 1. The Bertz CT molecular complexity index is 627. The second kappa shape index (κ2) is 6.99. The molecule has 0 atom stereocenters. The summed E-state index contributed by atoms with van der Waals surface area (Å²) in [7, 11) is 1.52. The number of anilines is 1. The molecular formula is C16H17ClN2O2. The van der Waals surface area contributed by atoms with Crippen molar-refractivity contribution in [2.75, 3.05) is 19.4 Å². The van der Waals surface area contributed by atoms with Crippen LogP contribution in [0.25, 0.3) is 0 Å². The van der Waals surface area contributed by atoms with Crippen molar-refractivity contribution in [1.82, 2.24) is 5.32 Å². The third-order valence-electron chi connectivity index (χ3n) is 3.09. The number of nitrogen functional groups attached to an aromatic ring is 1. The Labute approximate surface area is 128 Å². The third kappa shape index (κ3) is 4.13. The van der Waals surface area contributed by atoms with Gasteiger partial charge in [0.1, 0.15) is 5.75 Å². The Morgan fingerprint density at radius 3 is 2.62 bits per heavy atom. The quantitative estimate of drug-likeness (QED) is 0.835. The molecule has 0 unspecified atom stereocenters. The second-order valence-corrected chi connectivity index (χ2v) is 5.03. The molecular weight excluding hydrogens is 288 g/mol. The van der Waals surface area contributed by atoms with Gasteiger partial charge >= 0.3 is 0 Å². The van der Waals surface area contributed by atoms with Crippen LogP contribution in [0.5, 0.6) is 5.75 Å². The van der Waals surface area contributed by atoms with Gasteiger partial charge in [-0.3, -0.25) is 4.79 Å². The highest BCUT2D eigenvalue weighted by molar-refractivity contribution is 6.31. The van der Waals surface area contributed by atoms with Crippen LogP contribution >= 0.6 is 11.6 Å². The Hall–Kier alpha value is -2.20. The minimum absolute atomic E-state index is 0.204. The van der Waals surface area contributed by atoms with E-state index >= 15 is 0 Å². The number of hydrogen-bond acceptors (Lipinski definition) is 3. The number of carbonyl (C=O) groups excluding carboxylic acids is 1. The third-order valence-corrected chi connectivity index (χ3v) is 3.32. The number of ether oxygens (including phenoxy) is 1. The summed E-state index contributed by atoms with van der Waals surface area (Å²) < 4.78 is 5.17. The highest BCUT2D eigenvalue weighted by atomic mass is 35.5. The average Bonchev–Trinajstić information content (AvgIpc) is 2.49. The van der Waals surface area contributed by atoms with Gasteiger partial charge in [-0.1, -0.05) is 23.7 Å². The van der Waals surface area contributed by atoms with Crippen LogP contribution in [0.2, 0.25) is 5.02 Å². The maximum absolute atomic E-state index is 12.2. The molecule has 0 aliphatic carbocycles. The van der Waals surface area contributed by atoms with Gasteiger partial charge in [0.15, 0.2) is 0 Å². The molecule has 0 bridgehead atoms. The fraction of sp³-hybridized carbons (Fsp3) is 0.188. The number of nitrogens with one attached hydrogen (secondary N) is 1. The van der Waals surface area contributed by atoms with Gasteiger partial charge in [-0.15, -0.1) is 0 Å². The predicted molar refractivity (Wildman–Crippen MR) is 84.9 cm³/mol. The van der Waals surface area contributed by atoms with Crippen LogP contribution < -0.4 is 15.8 Å².